The van der Waals surface area contributed by atoms with Gasteiger partial charge in [0.15, 0.2) is 0 Å². The molecule has 1 fully saturated rings. The summed E-state index contributed by atoms with van der Waals surface area (Å²) in [6.45, 7) is 0.0782. The Morgan fingerprint density at radius 3 is 2.54 bits per heavy atom. The highest BCUT2D eigenvalue weighted by Gasteiger charge is 2.38. The molecule has 7 nitrogen and oxygen atoms in total. The molecule has 1 N–H and O–H groups in total. The first-order valence-corrected chi connectivity index (χ1v) is 9.69. The van der Waals surface area contributed by atoms with Crippen molar-refractivity contribution < 1.29 is 14.3 Å². The van der Waals surface area contributed by atoms with Crippen LogP contribution in [0.5, 0.6) is 5.75 Å². The van der Waals surface area contributed by atoms with Gasteiger partial charge >= 0.3 is 0 Å². The lowest BCUT2D eigenvalue weighted by molar-refractivity contribution is -0.136. The van der Waals surface area contributed by atoms with Crippen molar-refractivity contribution in [3.63, 3.8) is 0 Å². The summed E-state index contributed by atoms with van der Waals surface area (Å²) in [6.07, 6.45) is 4.39. The molecule has 0 unspecified atom stereocenters. The molecule has 1 aromatic rings. The number of nitrogens with one attached hydrogen (secondary N) is 1. The zero-order valence-corrected chi connectivity index (χ0v) is 17.4. The molecule has 152 valence electrons. The summed E-state index contributed by atoms with van der Waals surface area (Å²) in [5.41, 5.74) is -0.255. The Morgan fingerprint density at radius 2 is 1.93 bits per heavy atom. The zero-order chi connectivity index (χ0) is 20.7. The first-order chi connectivity index (χ1) is 13.3. The lowest BCUT2D eigenvalue weighted by atomic mass is 9.81. The molecule has 2 rings (SSSR count). The Labute approximate surface area is 171 Å². The number of rotatable bonds is 7. The van der Waals surface area contributed by atoms with Crippen molar-refractivity contribution in [2.75, 3.05) is 39.6 Å². The summed E-state index contributed by atoms with van der Waals surface area (Å²) in [4.78, 5) is 28.2. The lowest BCUT2D eigenvalue weighted by Gasteiger charge is -2.39. The first-order valence-electron chi connectivity index (χ1n) is 9.31. The third kappa shape index (κ3) is 5.37. The van der Waals surface area contributed by atoms with Crippen LogP contribution in [-0.2, 0) is 9.59 Å². The van der Waals surface area contributed by atoms with Gasteiger partial charge in [-0.25, -0.2) is 0 Å². The van der Waals surface area contributed by atoms with Crippen LogP contribution < -0.4 is 10.1 Å². The maximum atomic E-state index is 12.7. The van der Waals surface area contributed by atoms with Crippen LogP contribution in [0, 0.1) is 11.3 Å². The fourth-order valence-corrected chi connectivity index (χ4v) is 3.68. The molecule has 8 heteroatoms. The average molecular weight is 407 g/mol. The zero-order valence-electron chi connectivity index (χ0n) is 16.6. The monoisotopic (exact) mass is 406 g/mol. The van der Waals surface area contributed by atoms with Gasteiger partial charge in [0.2, 0.25) is 11.8 Å². The molecule has 0 atom stereocenters. The predicted octanol–water partition coefficient (Wildman–Crippen LogP) is 2.90. The van der Waals surface area contributed by atoms with Crippen molar-refractivity contribution in [2.45, 2.75) is 37.6 Å². The van der Waals surface area contributed by atoms with E-state index in [2.05, 4.69) is 11.4 Å². The molecule has 0 aliphatic heterocycles. The molecule has 0 bridgehead atoms. The van der Waals surface area contributed by atoms with E-state index in [1.807, 2.05) is 0 Å². The molecule has 28 heavy (non-hydrogen) atoms. The maximum Gasteiger partial charge on any atom is 0.238 e. The second kappa shape index (κ2) is 9.76. The summed E-state index contributed by atoms with van der Waals surface area (Å²) in [5, 5.41) is 12.9. The number of ether oxygens (including phenoxy) is 1. The van der Waals surface area contributed by atoms with E-state index in [4.69, 9.17) is 16.3 Å². The predicted molar refractivity (Wildman–Crippen MR) is 108 cm³/mol. The van der Waals surface area contributed by atoms with Gasteiger partial charge in [0, 0.05) is 12.1 Å². The Hall–Kier alpha value is -2.30. The SMILES string of the molecule is COc1ccc(Cl)cc1NC(=O)CN(C)CC(=O)N(C)C1(C#N)CCCCC1. The van der Waals surface area contributed by atoms with E-state index in [0.29, 0.717) is 29.3 Å². The largest absolute Gasteiger partial charge is 0.495 e. The average Bonchev–Trinajstić information content (AvgIpc) is 2.67. The van der Waals surface area contributed by atoms with Gasteiger partial charge in [-0.1, -0.05) is 30.9 Å². The number of hydrogen-bond donors (Lipinski definition) is 1. The highest BCUT2D eigenvalue weighted by molar-refractivity contribution is 6.31. The molecule has 2 amide bonds. The molecular formula is C20H27ClN4O3. The molecule has 0 spiro atoms. The third-order valence-corrected chi connectivity index (χ3v) is 5.39. The molecule has 0 saturated heterocycles. The normalized spacial score (nSPS) is 15.6. The highest BCUT2D eigenvalue weighted by Crippen LogP contribution is 2.32. The van der Waals surface area contributed by atoms with Gasteiger partial charge in [-0.2, -0.15) is 5.26 Å². The number of nitriles is 1. The number of methoxy groups -OCH3 is 1. The van der Waals surface area contributed by atoms with Crippen LogP contribution in [0.15, 0.2) is 18.2 Å². The van der Waals surface area contributed by atoms with Crippen LogP contribution in [0.3, 0.4) is 0 Å². The number of carbonyl (C=O) groups excluding carboxylic acids is 2. The van der Waals surface area contributed by atoms with E-state index >= 15 is 0 Å². The molecule has 0 radical (unpaired) electrons. The molecule has 1 aliphatic carbocycles. The van der Waals surface area contributed by atoms with E-state index in [0.717, 1.165) is 19.3 Å². The minimum atomic E-state index is -0.730. The number of hydrogen-bond acceptors (Lipinski definition) is 5. The van der Waals surface area contributed by atoms with Crippen molar-refractivity contribution >= 4 is 29.1 Å². The van der Waals surface area contributed by atoms with Gasteiger partial charge in [0.05, 0.1) is 32.0 Å². The van der Waals surface area contributed by atoms with Crippen LogP contribution in [0.1, 0.15) is 32.1 Å². The number of nitrogens with zero attached hydrogens (tertiary/aromatic N) is 3. The number of benzene rings is 1. The molecule has 1 aliphatic rings. The molecule has 0 aromatic heterocycles. The van der Waals surface area contributed by atoms with E-state index in [-0.39, 0.29) is 24.9 Å². The van der Waals surface area contributed by atoms with Crippen LogP contribution in [0.25, 0.3) is 0 Å². The van der Waals surface area contributed by atoms with Crippen LogP contribution >= 0.6 is 11.6 Å². The van der Waals surface area contributed by atoms with Gasteiger partial charge in [-0.3, -0.25) is 14.5 Å². The summed E-state index contributed by atoms with van der Waals surface area (Å²) in [7, 11) is 4.89. The maximum absolute atomic E-state index is 12.7. The first kappa shape index (κ1) is 22.0. The van der Waals surface area contributed by atoms with Gasteiger partial charge < -0.3 is 15.0 Å². The molecule has 1 saturated carbocycles. The number of anilines is 1. The van der Waals surface area contributed by atoms with Crippen LogP contribution in [-0.4, -0.2) is 61.4 Å². The second-order valence-corrected chi connectivity index (χ2v) is 7.66. The minimum absolute atomic E-state index is 0.0226. The van der Waals surface area contributed by atoms with Gasteiger partial charge in [0.1, 0.15) is 11.3 Å². The number of halogens is 1. The van der Waals surface area contributed by atoms with Gasteiger partial charge in [-0.05, 0) is 38.1 Å². The number of amides is 2. The van der Waals surface area contributed by atoms with E-state index in [9.17, 15) is 14.9 Å². The Kier molecular flexibility index (Phi) is 7.67. The van der Waals surface area contributed by atoms with E-state index in [1.165, 1.54) is 7.11 Å². The highest BCUT2D eigenvalue weighted by atomic mass is 35.5. The summed E-state index contributed by atoms with van der Waals surface area (Å²) in [5.74, 6) is 0.0507. The van der Waals surface area contributed by atoms with Crippen molar-refractivity contribution in [2.24, 2.45) is 0 Å². The Balaban J connectivity index is 1.93. The Morgan fingerprint density at radius 1 is 1.25 bits per heavy atom. The topological polar surface area (TPSA) is 85.7 Å². The van der Waals surface area contributed by atoms with Crippen molar-refractivity contribution in [1.82, 2.24) is 9.80 Å². The van der Waals surface area contributed by atoms with E-state index in [1.54, 1.807) is 42.1 Å². The summed E-state index contributed by atoms with van der Waals surface area (Å²) in [6, 6.07) is 7.30. The standard InChI is InChI=1S/C20H27ClN4O3/c1-24(12-18(26)23-16-11-15(21)7-8-17(16)28-3)13-19(27)25(2)20(14-22)9-5-4-6-10-20/h7-8,11H,4-6,9-10,12-13H2,1-3H3,(H,23,26). The molecular weight excluding hydrogens is 380 g/mol. The minimum Gasteiger partial charge on any atom is -0.495 e. The molecule has 1 aromatic carbocycles. The second-order valence-electron chi connectivity index (χ2n) is 7.22. The number of likely N-dealkylation sites (N-methyl/N-ethyl adjacent to an activating group) is 2. The Bertz CT molecular complexity index is 756. The van der Waals surface area contributed by atoms with Gasteiger partial charge in [0.25, 0.3) is 0 Å². The lowest BCUT2D eigenvalue weighted by Crippen LogP contribution is -2.52. The molecule has 0 heterocycles. The van der Waals surface area contributed by atoms with Crippen molar-refractivity contribution in [3.05, 3.63) is 23.2 Å². The fraction of sp³-hybridized carbons (Fsp3) is 0.550. The van der Waals surface area contributed by atoms with Crippen molar-refractivity contribution in [3.8, 4) is 11.8 Å². The van der Waals surface area contributed by atoms with E-state index < -0.39 is 5.54 Å². The van der Waals surface area contributed by atoms with Crippen LogP contribution in [0.4, 0.5) is 5.69 Å². The fourth-order valence-electron chi connectivity index (χ4n) is 3.50. The summed E-state index contributed by atoms with van der Waals surface area (Å²) >= 11 is 5.97. The van der Waals surface area contributed by atoms with Crippen LogP contribution in [0.2, 0.25) is 5.02 Å². The quantitative estimate of drug-likeness (QED) is 0.752. The summed E-state index contributed by atoms with van der Waals surface area (Å²) < 4.78 is 5.21. The van der Waals surface area contributed by atoms with Gasteiger partial charge in [-0.15, -0.1) is 0 Å². The van der Waals surface area contributed by atoms with Crippen molar-refractivity contribution in [1.29, 1.82) is 5.26 Å². The smallest absolute Gasteiger partial charge is 0.238 e. The number of carbonyl (C=O) groups is 2. The third-order valence-electron chi connectivity index (χ3n) is 5.16.